The molecule has 1 aliphatic rings. The van der Waals surface area contributed by atoms with Crippen LogP contribution < -0.4 is 10.6 Å². The molecule has 2 N–H and O–H groups in total. The van der Waals surface area contributed by atoms with Gasteiger partial charge >= 0.3 is 0 Å². The maximum absolute atomic E-state index is 12.7. The normalized spacial score (nSPS) is 20.0. The average Bonchev–Trinajstić information content (AvgIpc) is 3.08. The second-order valence-corrected chi connectivity index (χ2v) is 6.28. The Morgan fingerprint density at radius 2 is 2.19 bits per heavy atom. The van der Waals surface area contributed by atoms with E-state index < -0.39 is 0 Å². The minimum absolute atomic E-state index is 0.0703. The Morgan fingerprint density at radius 3 is 3.04 bits per heavy atom. The van der Waals surface area contributed by atoms with E-state index >= 15 is 0 Å². The lowest BCUT2D eigenvalue weighted by molar-refractivity contribution is 0.0618. The van der Waals surface area contributed by atoms with Crippen molar-refractivity contribution in [3.8, 4) is 0 Å². The third kappa shape index (κ3) is 3.50. The van der Waals surface area contributed by atoms with Gasteiger partial charge in [-0.1, -0.05) is 6.07 Å². The number of carbonyl (C=O) groups excluding carboxylic acids is 1. The molecule has 1 fully saturated rings. The number of anilines is 1. The lowest BCUT2D eigenvalue weighted by Crippen LogP contribution is -2.52. The van der Waals surface area contributed by atoms with Gasteiger partial charge in [-0.05, 0) is 31.5 Å². The van der Waals surface area contributed by atoms with Crippen LogP contribution in [0.3, 0.4) is 0 Å². The van der Waals surface area contributed by atoms with Gasteiger partial charge in [0.15, 0.2) is 0 Å². The molecule has 0 saturated carbocycles. The van der Waals surface area contributed by atoms with E-state index in [9.17, 15) is 4.79 Å². The molecule has 3 aromatic heterocycles. The number of nitrogens with zero attached hydrogens (tertiary/aromatic N) is 4. The number of fused-ring (bicyclic) bond motifs is 1. The van der Waals surface area contributed by atoms with Crippen molar-refractivity contribution >= 4 is 17.4 Å². The van der Waals surface area contributed by atoms with Gasteiger partial charge in [0.1, 0.15) is 23.0 Å². The molecule has 1 saturated heterocycles. The highest BCUT2D eigenvalue weighted by molar-refractivity contribution is 5.93. The third-order valence-corrected chi connectivity index (χ3v) is 4.38. The number of amides is 1. The van der Waals surface area contributed by atoms with Crippen molar-refractivity contribution in [3.63, 3.8) is 0 Å². The van der Waals surface area contributed by atoms with Crippen LogP contribution in [-0.4, -0.2) is 50.6 Å². The second kappa shape index (κ2) is 7.09. The van der Waals surface area contributed by atoms with Crippen molar-refractivity contribution in [1.82, 2.24) is 24.7 Å². The van der Waals surface area contributed by atoms with E-state index in [2.05, 4.69) is 25.6 Å². The molecule has 3 aromatic rings. The fourth-order valence-electron chi connectivity index (χ4n) is 3.07. The van der Waals surface area contributed by atoms with E-state index in [0.717, 1.165) is 17.9 Å². The molecular weight excluding hydrogens is 332 g/mol. The van der Waals surface area contributed by atoms with Gasteiger partial charge in [0, 0.05) is 25.2 Å². The van der Waals surface area contributed by atoms with E-state index in [4.69, 9.17) is 4.74 Å². The number of ether oxygens (including phenoxy) is 1. The van der Waals surface area contributed by atoms with Gasteiger partial charge in [-0.15, -0.1) is 0 Å². The Balaban J connectivity index is 1.48. The number of pyridine rings is 1. The fraction of sp³-hybridized carbons (Fsp3) is 0.333. The summed E-state index contributed by atoms with van der Waals surface area (Å²) in [5, 5.41) is 6.42. The number of hydrogen-bond donors (Lipinski definition) is 2. The lowest BCUT2D eigenvalue weighted by Gasteiger charge is -2.32. The van der Waals surface area contributed by atoms with Crippen LogP contribution in [-0.2, 0) is 4.74 Å². The van der Waals surface area contributed by atoms with Gasteiger partial charge in [0.2, 0.25) is 0 Å². The maximum Gasteiger partial charge on any atom is 0.271 e. The predicted molar refractivity (Wildman–Crippen MR) is 96.1 cm³/mol. The van der Waals surface area contributed by atoms with Crippen molar-refractivity contribution in [1.29, 1.82) is 0 Å². The van der Waals surface area contributed by atoms with Gasteiger partial charge in [-0.25, -0.2) is 15.0 Å². The van der Waals surface area contributed by atoms with Crippen LogP contribution in [0.4, 0.5) is 5.82 Å². The summed E-state index contributed by atoms with van der Waals surface area (Å²) in [5.41, 5.74) is 1.15. The molecule has 0 aliphatic carbocycles. The molecule has 4 rings (SSSR count). The highest BCUT2D eigenvalue weighted by Gasteiger charge is 2.28. The van der Waals surface area contributed by atoms with Crippen LogP contribution in [0.15, 0.2) is 42.9 Å². The number of carbonyl (C=O) groups is 1. The minimum atomic E-state index is -0.189. The summed E-state index contributed by atoms with van der Waals surface area (Å²) in [5.74, 6) is 1.23. The second-order valence-electron chi connectivity index (χ2n) is 6.28. The van der Waals surface area contributed by atoms with Crippen LogP contribution in [0.5, 0.6) is 0 Å². The Morgan fingerprint density at radius 1 is 1.27 bits per heavy atom. The summed E-state index contributed by atoms with van der Waals surface area (Å²) in [6.45, 7) is 2.95. The monoisotopic (exact) mass is 352 g/mol. The molecule has 0 aromatic carbocycles. The zero-order valence-electron chi connectivity index (χ0n) is 14.4. The Labute approximate surface area is 150 Å². The molecule has 1 amide bonds. The van der Waals surface area contributed by atoms with Crippen molar-refractivity contribution in [2.75, 3.05) is 18.5 Å². The number of aryl methyl sites for hydroxylation is 1. The molecule has 0 radical (unpaired) electrons. The number of nitrogens with one attached hydrogen (secondary N) is 2. The number of imidazole rings is 1. The van der Waals surface area contributed by atoms with Gasteiger partial charge in [-0.3, -0.25) is 4.79 Å². The van der Waals surface area contributed by atoms with Gasteiger partial charge in [0.25, 0.3) is 5.91 Å². The Bertz CT molecular complexity index is 892. The molecule has 8 heteroatoms. The zero-order valence-corrected chi connectivity index (χ0v) is 14.4. The van der Waals surface area contributed by atoms with Crippen LogP contribution in [0.1, 0.15) is 22.7 Å². The van der Waals surface area contributed by atoms with Crippen molar-refractivity contribution in [3.05, 3.63) is 54.4 Å². The molecule has 0 spiro atoms. The standard InChI is InChI=1S/C18H20N6O2/c1-12-19-7-5-16(20-12)21-15-11-26-9-6-13(15)23-18(25)14-10-24-8-3-2-4-17(24)22-14/h2-5,7-8,10,13,15H,6,9,11H2,1H3,(H,23,25)(H,19,20,21)/t13-,15+/m0/s1. The zero-order chi connectivity index (χ0) is 17.9. The number of hydrogen-bond acceptors (Lipinski definition) is 6. The van der Waals surface area contributed by atoms with Gasteiger partial charge < -0.3 is 19.8 Å². The first-order chi connectivity index (χ1) is 12.7. The SMILES string of the molecule is Cc1nccc(N[C@@H]2COCC[C@@H]2NC(=O)c2cn3ccccc3n2)n1. The van der Waals surface area contributed by atoms with E-state index in [1.165, 1.54) is 0 Å². The quantitative estimate of drug-likeness (QED) is 0.738. The molecule has 0 bridgehead atoms. The van der Waals surface area contributed by atoms with Crippen molar-refractivity contribution in [2.24, 2.45) is 0 Å². The molecule has 26 heavy (non-hydrogen) atoms. The molecule has 0 unspecified atom stereocenters. The van der Waals surface area contributed by atoms with Crippen molar-refractivity contribution < 1.29 is 9.53 Å². The van der Waals surface area contributed by atoms with E-state index in [0.29, 0.717) is 24.7 Å². The summed E-state index contributed by atoms with van der Waals surface area (Å²) in [6.07, 6.45) is 6.04. The topological polar surface area (TPSA) is 93.4 Å². The highest BCUT2D eigenvalue weighted by atomic mass is 16.5. The van der Waals surface area contributed by atoms with Crippen LogP contribution >= 0.6 is 0 Å². The van der Waals surface area contributed by atoms with E-state index in [1.807, 2.05) is 41.8 Å². The summed E-state index contributed by atoms with van der Waals surface area (Å²) in [7, 11) is 0. The third-order valence-electron chi connectivity index (χ3n) is 4.38. The minimum Gasteiger partial charge on any atom is -0.379 e. The molecule has 1 aliphatic heterocycles. The largest absolute Gasteiger partial charge is 0.379 e. The molecule has 134 valence electrons. The smallest absolute Gasteiger partial charge is 0.271 e. The number of aromatic nitrogens is 4. The fourth-order valence-corrected chi connectivity index (χ4v) is 3.07. The first-order valence-electron chi connectivity index (χ1n) is 8.57. The van der Waals surface area contributed by atoms with Crippen molar-refractivity contribution in [2.45, 2.75) is 25.4 Å². The summed E-state index contributed by atoms with van der Waals surface area (Å²) in [4.78, 5) is 25.5. The van der Waals surface area contributed by atoms with Crippen LogP contribution in [0.25, 0.3) is 5.65 Å². The first kappa shape index (κ1) is 16.5. The Kier molecular flexibility index (Phi) is 4.49. The highest BCUT2D eigenvalue weighted by Crippen LogP contribution is 2.14. The summed E-state index contributed by atoms with van der Waals surface area (Å²) < 4.78 is 7.40. The maximum atomic E-state index is 12.7. The van der Waals surface area contributed by atoms with E-state index in [1.54, 1.807) is 12.4 Å². The summed E-state index contributed by atoms with van der Waals surface area (Å²) in [6, 6.07) is 7.33. The van der Waals surface area contributed by atoms with Crippen LogP contribution in [0, 0.1) is 6.92 Å². The van der Waals surface area contributed by atoms with E-state index in [-0.39, 0.29) is 18.0 Å². The van der Waals surface area contributed by atoms with Gasteiger partial charge in [0.05, 0.1) is 18.7 Å². The molecule has 2 atom stereocenters. The molecular formula is C18H20N6O2. The van der Waals surface area contributed by atoms with Gasteiger partial charge in [-0.2, -0.15) is 0 Å². The predicted octanol–water partition coefficient (Wildman–Crippen LogP) is 1.43. The first-order valence-corrected chi connectivity index (χ1v) is 8.57. The number of rotatable bonds is 4. The van der Waals surface area contributed by atoms with Crippen LogP contribution in [0.2, 0.25) is 0 Å². The average molecular weight is 352 g/mol. The molecule has 8 nitrogen and oxygen atoms in total. The summed E-state index contributed by atoms with van der Waals surface area (Å²) >= 11 is 0. The lowest BCUT2D eigenvalue weighted by atomic mass is 10.0. The Hall–Kier alpha value is -3.00. The molecule has 4 heterocycles.